The van der Waals surface area contributed by atoms with Crippen molar-refractivity contribution in [3.05, 3.63) is 36.0 Å². The Bertz CT molecular complexity index is 1140. The van der Waals surface area contributed by atoms with Crippen LogP contribution in [0.15, 0.2) is 30.5 Å². The van der Waals surface area contributed by atoms with Gasteiger partial charge in [0, 0.05) is 35.7 Å². The Morgan fingerprint density at radius 1 is 0.946 bits per heavy atom. The first-order valence-corrected chi connectivity index (χ1v) is 12.3. The summed E-state index contributed by atoms with van der Waals surface area (Å²) in [5, 5.41) is 26.6. The standard InChI is InChI=1S/C24H33N5O7S/c1-12(2)20(25)23(34)29-18(11-37)22(33)28-17(9-13-10-26-15-6-4-3-5-14(13)15)21(32)27-16(24(35)36)7-8-19(30)31/h3-6,10,12,16-18,20,26,37H,7-9,11,25H2,1-2H3,(H,27,32)(H,28,33)(H,29,34)(H,30,31)(H,35,36). The van der Waals surface area contributed by atoms with Gasteiger partial charge in [0.15, 0.2) is 0 Å². The van der Waals surface area contributed by atoms with E-state index in [1.807, 2.05) is 24.3 Å². The third-order valence-electron chi connectivity index (χ3n) is 5.83. The summed E-state index contributed by atoms with van der Waals surface area (Å²) in [6.07, 6.45) is 0.856. The monoisotopic (exact) mass is 535 g/mol. The number of aliphatic carboxylic acids is 2. The highest BCUT2D eigenvalue weighted by molar-refractivity contribution is 7.80. The Morgan fingerprint density at radius 3 is 2.14 bits per heavy atom. The molecule has 0 aliphatic heterocycles. The van der Waals surface area contributed by atoms with E-state index in [9.17, 15) is 29.1 Å². The van der Waals surface area contributed by atoms with Gasteiger partial charge in [0.1, 0.15) is 18.1 Å². The summed E-state index contributed by atoms with van der Waals surface area (Å²) in [7, 11) is 0. The molecule has 8 N–H and O–H groups in total. The Balaban J connectivity index is 2.27. The quantitative estimate of drug-likeness (QED) is 0.155. The van der Waals surface area contributed by atoms with Gasteiger partial charge in [0.25, 0.3) is 0 Å². The molecule has 3 amide bonds. The predicted octanol–water partition coefficient (Wildman–Crippen LogP) is 0.0273. The molecule has 0 bridgehead atoms. The fourth-order valence-corrected chi connectivity index (χ4v) is 3.82. The number of rotatable bonds is 14. The van der Waals surface area contributed by atoms with Gasteiger partial charge in [-0.2, -0.15) is 12.6 Å². The predicted molar refractivity (Wildman–Crippen MR) is 139 cm³/mol. The van der Waals surface area contributed by atoms with Crippen molar-refractivity contribution < 1.29 is 34.2 Å². The van der Waals surface area contributed by atoms with Crippen LogP contribution < -0.4 is 21.7 Å². The first-order chi connectivity index (χ1) is 17.4. The van der Waals surface area contributed by atoms with Crippen LogP contribution in [-0.4, -0.2) is 74.8 Å². The zero-order valence-electron chi connectivity index (χ0n) is 20.6. The first kappa shape index (κ1) is 29.6. The molecule has 0 fully saturated rings. The van der Waals surface area contributed by atoms with E-state index in [0.29, 0.717) is 5.56 Å². The molecule has 1 aromatic carbocycles. The van der Waals surface area contributed by atoms with Crippen molar-refractivity contribution in [2.75, 3.05) is 5.75 Å². The van der Waals surface area contributed by atoms with E-state index < -0.39 is 60.2 Å². The third-order valence-corrected chi connectivity index (χ3v) is 6.20. The van der Waals surface area contributed by atoms with Crippen molar-refractivity contribution in [3.63, 3.8) is 0 Å². The van der Waals surface area contributed by atoms with E-state index in [-0.39, 0.29) is 24.5 Å². The number of carbonyl (C=O) groups is 5. The largest absolute Gasteiger partial charge is 0.481 e. The lowest BCUT2D eigenvalue weighted by atomic mass is 10.0. The minimum atomic E-state index is -1.48. The van der Waals surface area contributed by atoms with Crippen molar-refractivity contribution in [1.82, 2.24) is 20.9 Å². The van der Waals surface area contributed by atoms with Crippen molar-refractivity contribution in [1.29, 1.82) is 0 Å². The molecular formula is C24H33N5O7S. The topological polar surface area (TPSA) is 204 Å². The zero-order valence-corrected chi connectivity index (χ0v) is 21.5. The zero-order chi connectivity index (χ0) is 27.7. The number of fused-ring (bicyclic) bond motifs is 1. The van der Waals surface area contributed by atoms with Gasteiger partial charge in [0.2, 0.25) is 17.7 Å². The highest BCUT2D eigenvalue weighted by atomic mass is 32.1. The molecule has 0 aliphatic carbocycles. The molecule has 13 heteroatoms. The summed E-state index contributed by atoms with van der Waals surface area (Å²) in [6, 6.07) is 2.62. The molecule has 202 valence electrons. The van der Waals surface area contributed by atoms with Gasteiger partial charge in [0.05, 0.1) is 6.04 Å². The number of carbonyl (C=O) groups excluding carboxylic acids is 3. The van der Waals surface area contributed by atoms with E-state index in [1.54, 1.807) is 20.0 Å². The van der Waals surface area contributed by atoms with Crippen LogP contribution in [0, 0.1) is 5.92 Å². The second-order valence-corrected chi connectivity index (χ2v) is 9.34. The summed E-state index contributed by atoms with van der Waals surface area (Å²) in [5.74, 6) is -4.97. The fraction of sp³-hybridized carbons (Fsp3) is 0.458. The van der Waals surface area contributed by atoms with E-state index in [2.05, 4.69) is 33.6 Å². The van der Waals surface area contributed by atoms with Crippen molar-refractivity contribution >= 4 is 53.2 Å². The van der Waals surface area contributed by atoms with Crippen molar-refractivity contribution in [2.24, 2.45) is 11.7 Å². The Hall–Kier alpha value is -3.58. The van der Waals surface area contributed by atoms with Crippen LogP contribution in [0.5, 0.6) is 0 Å². The Labute approximate surface area is 219 Å². The second-order valence-electron chi connectivity index (χ2n) is 8.97. The SMILES string of the molecule is CC(C)C(N)C(=O)NC(CS)C(=O)NC(Cc1c[nH]c2ccccc12)C(=O)NC(CCC(=O)O)C(=O)O. The highest BCUT2D eigenvalue weighted by Gasteiger charge is 2.31. The number of para-hydroxylation sites is 1. The number of hydrogen-bond acceptors (Lipinski definition) is 7. The molecular weight excluding hydrogens is 502 g/mol. The van der Waals surface area contributed by atoms with E-state index in [1.165, 1.54) is 0 Å². The molecule has 2 rings (SSSR count). The molecule has 4 unspecified atom stereocenters. The Kier molecular flexibility index (Phi) is 10.9. The molecule has 0 aliphatic rings. The van der Waals surface area contributed by atoms with E-state index >= 15 is 0 Å². The van der Waals surface area contributed by atoms with Crippen LogP contribution in [0.4, 0.5) is 0 Å². The number of thiol groups is 1. The number of amides is 3. The molecule has 0 saturated carbocycles. The Morgan fingerprint density at radius 2 is 1.54 bits per heavy atom. The van der Waals surface area contributed by atoms with Gasteiger partial charge in [-0.3, -0.25) is 19.2 Å². The molecule has 0 spiro atoms. The van der Waals surface area contributed by atoms with Crippen LogP contribution in [0.1, 0.15) is 32.3 Å². The lowest BCUT2D eigenvalue weighted by Crippen LogP contribution is -2.58. The van der Waals surface area contributed by atoms with Crippen LogP contribution in [0.3, 0.4) is 0 Å². The number of carboxylic acid groups (broad SMARTS) is 2. The van der Waals surface area contributed by atoms with Gasteiger partial charge in [-0.15, -0.1) is 0 Å². The number of nitrogens with one attached hydrogen (secondary N) is 4. The molecule has 1 aromatic heterocycles. The summed E-state index contributed by atoms with van der Waals surface area (Å²) >= 11 is 4.14. The molecule has 12 nitrogen and oxygen atoms in total. The number of nitrogens with two attached hydrogens (primary N) is 1. The normalized spacial score (nSPS) is 14.4. The molecule has 37 heavy (non-hydrogen) atoms. The van der Waals surface area contributed by atoms with E-state index in [4.69, 9.17) is 10.8 Å². The van der Waals surface area contributed by atoms with Crippen molar-refractivity contribution in [3.8, 4) is 0 Å². The summed E-state index contributed by atoms with van der Waals surface area (Å²) < 4.78 is 0. The molecule has 0 saturated heterocycles. The fourth-order valence-electron chi connectivity index (χ4n) is 3.56. The molecule has 0 radical (unpaired) electrons. The summed E-state index contributed by atoms with van der Waals surface area (Å²) in [4.78, 5) is 64.2. The maximum atomic E-state index is 13.2. The number of benzene rings is 1. The van der Waals surface area contributed by atoms with Crippen LogP contribution >= 0.6 is 12.6 Å². The van der Waals surface area contributed by atoms with Crippen LogP contribution in [-0.2, 0) is 30.4 Å². The minimum absolute atomic E-state index is 0.00833. The lowest BCUT2D eigenvalue weighted by Gasteiger charge is -2.25. The summed E-state index contributed by atoms with van der Waals surface area (Å²) in [5.41, 5.74) is 7.34. The number of carboxylic acids is 2. The highest BCUT2D eigenvalue weighted by Crippen LogP contribution is 2.19. The van der Waals surface area contributed by atoms with Gasteiger partial charge < -0.3 is 36.9 Å². The average molecular weight is 536 g/mol. The van der Waals surface area contributed by atoms with Crippen LogP contribution in [0.2, 0.25) is 0 Å². The van der Waals surface area contributed by atoms with E-state index in [0.717, 1.165) is 10.9 Å². The number of hydrogen-bond donors (Lipinski definition) is 8. The molecule has 4 atom stereocenters. The van der Waals surface area contributed by atoms with Gasteiger partial charge in [-0.25, -0.2) is 4.79 Å². The second kappa shape index (κ2) is 13.7. The molecule has 1 heterocycles. The number of aromatic amines is 1. The maximum absolute atomic E-state index is 13.2. The van der Waals surface area contributed by atoms with Gasteiger partial charge in [-0.1, -0.05) is 32.0 Å². The third kappa shape index (κ3) is 8.50. The summed E-state index contributed by atoms with van der Waals surface area (Å²) in [6.45, 7) is 3.51. The van der Waals surface area contributed by atoms with Crippen molar-refractivity contribution in [2.45, 2.75) is 57.3 Å². The van der Waals surface area contributed by atoms with Crippen LogP contribution in [0.25, 0.3) is 10.9 Å². The number of H-pyrrole nitrogens is 1. The first-order valence-electron chi connectivity index (χ1n) is 11.7. The number of aromatic nitrogens is 1. The molecule has 2 aromatic rings. The maximum Gasteiger partial charge on any atom is 0.326 e. The minimum Gasteiger partial charge on any atom is -0.481 e. The van der Waals surface area contributed by atoms with Gasteiger partial charge in [-0.05, 0) is 24.0 Å². The average Bonchev–Trinajstić information content (AvgIpc) is 3.26. The van der Waals surface area contributed by atoms with Gasteiger partial charge >= 0.3 is 11.9 Å². The lowest BCUT2D eigenvalue weighted by molar-refractivity contribution is -0.143. The smallest absolute Gasteiger partial charge is 0.326 e.